The first-order chi connectivity index (χ1) is 19.7. The smallest absolute Gasteiger partial charge is 0.229 e. The van der Waals surface area contributed by atoms with Crippen LogP contribution in [-0.4, -0.2) is 71.3 Å². The number of nitrogens with zero attached hydrogens (tertiary/aromatic N) is 3. The summed E-state index contributed by atoms with van der Waals surface area (Å²) in [5, 5.41) is 19.3. The summed E-state index contributed by atoms with van der Waals surface area (Å²) in [7, 11) is 0. The molecule has 2 heterocycles. The number of hydrogen-bond acceptors (Lipinski definition) is 6. The zero-order valence-electron chi connectivity index (χ0n) is 24.4. The Morgan fingerprint density at radius 1 is 1.10 bits per heavy atom. The summed E-state index contributed by atoms with van der Waals surface area (Å²) >= 11 is 0. The highest BCUT2D eigenvalue weighted by atomic mass is 16.5. The molecule has 1 aliphatic heterocycles. The Balaban J connectivity index is 1.31. The first kappa shape index (κ1) is 28.8. The molecule has 0 saturated carbocycles. The predicted octanol–water partition coefficient (Wildman–Crippen LogP) is 4.88. The lowest BCUT2D eigenvalue weighted by Crippen LogP contribution is -2.45. The van der Waals surface area contributed by atoms with Crippen LogP contribution >= 0.6 is 0 Å². The molecule has 1 atom stereocenters. The van der Waals surface area contributed by atoms with Gasteiger partial charge in [-0.3, -0.25) is 9.69 Å². The molecule has 4 aromatic rings. The van der Waals surface area contributed by atoms with E-state index in [1.165, 1.54) is 5.56 Å². The largest absolute Gasteiger partial charge is 0.492 e. The number of rotatable bonds is 9. The first-order valence-electron chi connectivity index (χ1n) is 14.3. The summed E-state index contributed by atoms with van der Waals surface area (Å²) in [4.78, 5) is 15.6. The molecule has 5 rings (SSSR count). The van der Waals surface area contributed by atoms with E-state index in [9.17, 15) is 9.90 Å². The lowest BCUT2D eigenvalue weighted by Gasteiger charge is -2.31. The van der Waals surface area contributed by atoms with Gasteiger partial charge in [-0.2, -0.15) is 5.10 Å². The van der Waals surface area contributed by atoms with Crippen molar-refractivity contribution in [3.8, 4) is 11.4 Å². The van der Waals surface area contributed by atoms with Crippen LogP contribution in [-0.2, 0) is 21.4 Å². The molecule has 8 nitrogen and oxygen atoms in total. The molecule has 0 radical (unpaired) electrons. The SMILES string of the molecule is Cc1ccc(-n2nc(C(C)(C)C)cc2NC(=O)Cc2ccc(OCCN3CCOC(CO)C3)c3ccccc23)cc1. The molecule has 41 heavy (non-hydrogen) atoms. The number of aliphatic hydroxyl groups is 1. The van der Waals surface area contributed by atoms with Crippen molar-refractivity contribution in [2.75, 3.05) is 44.8 Å². The normalized spacial score (nSPS) is 16.2. The van der Waals surface area contributed by atoms with E-state index in [1.807, 2.05) is 78.3 Å². The number of carbonyl (C=O) groups excluding carboxylic acids is 1. The van der Waals surface area contributed by atoms with Crippen molar-refractivity contribution in [1.82, 2.24) is 14.7 Å². The Bertz CT molecular complexity index is 1490. The zero-order chi connectivity index (χ0) is 29.0. The molecule has 1 unspecified atom stereocenters. The molecule has 216 valence electrons. The van der Waals surface area contributed by atoms with Crippen molar-refractivity contribution >= 4 is 22.5 Å². The number of morpholine rings is 1. The van der Waals surface area contributed by atoms with Gasteiger partial charge in [0.15, 0.2) is 0 Å². The van der Waals surface area contributed by atoms with Gasteiger partial charge >= 0.3 is 0 Å². The number of anilines is 1. The lowest BCUT2D eigenvalue weighted by molar-refractivity contribution is -0.115. The van der Waals surface area contributed by atoms with Crippen LogP contribution in [0.4, 0.5) is 5.82 Å². The van der Waals surface area contributed by atoms with E-state index in [0.717, 1.165) is 46.6 Å². The second-order valence-electron chi connectivity index (χ2n) is 11.7. The van der Waals surface area contributed by atoms with Gasteiger partial charge in [-0.05, 0) is 36.1 Å². The van der Waals surface area contributed by atoms with Crippen LogP contribution in [0.25, 0.3) is 16.5 Å². The van der Waals surface area contributed by atoms with Gasteiger partial charge in [-0.25, -0.2) is 4.68 Å². The van der Waals surface area contributed by atoms with Crippen molar-refractivity contribution in [3.63, 3.8) is 0 Å². The van der Waals surface area contributed by atoms with Crippen molar-refractivity contribution < 1.29 is 19.4 Å². The van der Waals surface area contributed by atoms with Gasteiger partial charge in [0.2, 0.25) is 5.91 Å². The maximum Gasteiger partial charge on any atom is 0.229 e. The van der Waals surface area contributed by atoms with Crippen LogP contribution in [0, 0.1) is 6.92 Å². The maximum absolute atomic E-state index is 13.4. The molecule has 1 fully saturated rings. The second-order valence-corrected chi connectivity index (χ2v) is 11.7. The minimum atomic E-state index is -0.163. The minimum absolute atomic E-state index is 0.0308. The molecule has 1 amide bonds. The molecule has 0 bridgehead atoms. The monoisotopic (exact) mass is 556 g/mol. The highest BCUT2D eigenvalue weighted by molar-refractivity contribution is 5.97. The third-order valence-corrected chi connectivity index (χ3v) is 7.44. The fourth-order valence-corrected chi connectivity index (χ4v) is 5.07. The van der Waals surface area contributed by atoms with Crippen LogP contribution in [0.3, 0.4) is 0 Å². The first-order valence-corrected chi connectivity index (χ1v) is 14.3. The molecule has 1 aliphatic rings. The van der Waals surface area contributed by atoms with Gasteiger partial charge in [0.25, 0.3) is 0 Å². The van der Waals surface area contributed by atoms with E-state index >= 15 is 0 Å². The van der Waals surface area contributed by atoms with Crippen LogP contribution in [0.5, 0.6) is 5.75 Å². The number of nitrogens with one attached hydrogen (secondary N) is 1. The van der Waals surface area contributed by atoms with Gasteiger partial charge in [0, 0.05) is 36.5 Å². The molecular weight excluding hydrogens is 516 g/mol. The van der Waals surface area contributed by atoms with Gasteiger partial charge < -0.3 is 19.9 Å². The van der Waals surface area contributed by atoms with E-state index in [-0.39, 0.29) is 30.5 Å². The van der Waals surface area contributed by atoms with E-state index in [4.69, 9.17) is 14.6 Å². The van der Waals surface area contributed by atoms with Crippen LogP contribution in [0.1, 0.15) is 37.6 Å². The Morgan fingerprint density at radius 2 is 1.85 bits per heavy atom. The van der Waals surface area contributed by atoms with Gasteiger partial charge in [0.1, 0.15) is 18.2 Å². The summed E-state index contributed by atoms with van der Waals surface area (Å²) in [5.74, 6) is 1.34. The van der Waals surface area contributed by atoms with Gasteiger partial charge in [-0.1, -0.05) is 68.8 Å². The van der Waals surface area contributed by atoms with E-state index < -0.39 is 0 Å². The van der Waals surface area contributed by atoms with Crippen LogP contribution < -0.4 is 10.1 Å². The Hall–Kier alpha value is -3.72. The van der Waals surface area contributed by atoms with Gasteiger partial charge in [0.05, 0.1) is 37.1 Å². The number of fused-ring (bicyclic) bond motifs is 1. The lowest BCUT2D eigenvalue weighted by atomic mass is 9.92. The summed E-state index contributed by atoms with van der Waals surface area (Å²) in [6, 6.07) is 22.0. The third-order valence-electron chi connectivity index (χ3n) is 7.44. The predicted molar refractivity (Wildman–Crippen MR) is 162 cm³/mol. The fourth-order valence-electron chi connectivity index (χ4n) is 5.07. The number of ether oxygens (including phenoxy) is 2. The molecule has 1 aromatic heterocycles. The molecule has 1 saturated heterocycles. The Labute approximate surface area is 241 Å². The Morgan fingerprint density at radius 3 is 2.59 bits per heavy atom. The highest BCUT2D eigenvalue weighted by Gasteiger charge is 2.22. The summed E-state index contributed by atoms with van der Waals surface area (Å²) < 4.78 is 13.5. The molecular formula is C33H40N4O4. The van der Waals surface area contributed by atoms with Crippen molar-refractivity contribution in [2.45, 2.75) is 45.6 Å². The summed E-state index contributed by atoms with van der Waals surface area (Å²) in [6.07, 6.45) is 0.0895. The Kier molecular flexibility index (Phi) is 8.73. The minimum Gasteiger partial charge on any atom is -0.492 e. The number of benzene rings is 3. The van der Waals surface area contributed by atoms with E-state index in [1.54, 1.807) is 0 Å². The standard InChI is InChI=1S/C33H40N4O4/c1-23-9-12-25(13-10-23)37-31(20-30(35-37)33(2,3)4)34-32(39)19-24-11-14-29(28-8-6-5-7-27(24)28)41-18-16-36-15-17-40-26(21-36)22-38/h5-14,20,26,38H,15-19,21-22H2,1-4H3,(H,34,39). The highest BCUT2D eigenvalue weighted by Crippen LogP contribution is 2.30. The number of aliphatic hydroxyl groups excluding tert-OH is 1. The summed E-state index contributed by atoms with van der Waals surface area (Å²) in [5.41, 5.74) is 3.74. The fraction of sp³-hybridized carbons (Fsp3) is 0.394. The zero-order valence-corrected chi connectivity index (χ0v) is 24.4. The average Bonchev–Trinajstić information content (AvgIpc) is 3.39. The van der Waals surface area contributed by atoms with Crippen molar-refractivity contribution in [2.24, 2.45) is 0 Å². The summed E-state index contributed by atoms with van der Waals surface area (Å²) in [6.45, 7) is 11.9. The number of amides is 1. The number of hydrogen-bond donors (Lipinski definition) is 2. The molecule has 3 aromatic carbocycles. The average molecular weight is 557 g/mol. The van der Waals surface area contributed by atoms with Gasteiger partial charge in [-0.15, -0.1) is 0 Å². The van der Waals surface area contributed by atoms with Crippen LogP contribution in [0.2, 0.25) is 0 Å². The van der Waals surface area contributed by atoms with E-state index in [2.05, 4.69) is 31.0 Å². The molecule has 0 aliphatic carbocycles. The van der Waals surface area contributed by atoms with Crippen LogP contribution in [0.15, 0.2) is 66.7 Å². The van der Waals surface area contributed by atoms with Crippen molar-refractivity contribution in [1.29, 1.82) is 0 Å². The number of carbonyl (C=O) groups is 1. The number of aromatic nitrogens is 2. The third kappa shape index (κ3) is 6.96. The second kappa shape index (κ2) is 12.4. The number of aryl methyl sites for hydroxylation is 1. The van der Waals surface area contributed by atoms with Crippen molar-refractivity contribution in [3.05, 3.63) is 83.6 Å². The van der Waals surface area contributed by atoms with E-state index in [0.29, 0.717) is 25.6 Å². The molecule has 2 N–H and O–H groups in total. The topological polar surface area (TPSA) is 88.9 Å². The maximum atomic E-state index is 13.4. The molecule has 0 spiro atoms. The molecule has 8 heteroatoms. The quantitative estimate of drug-likeness (QED) is 0.305.